The van der Waals surface area contributed by atoms with Gasteiger partial charge in [0.25, 0.3) is 0 Å². The van der Waals surface area contributed by atoms with Crippen LogP contribution >= 0.6 is 0 Å². The summed E-state index contributed by atoms with van der Waals surface area (Å²) in [4.78, 5) is 11.9. The molecule has 2 aromatic carbocycles. The molecule has 0 spiro atoms. The molecule has 0 atom stereocenters. The lowest BCUT2D eigenvalue weighted by Gasteiger charge is -2.07. The van der Waals surface area contributed by atoms with Crippen LogP contribution in [0.25, 0.3) is 6.08 Å². The quantitative estimate of drug-likeness (QED) is 0.620. The molecule has 21 heavy (non-hydrogen) atoms. The second-order valence-corrected chi connectivity index (χ2v) is 4.32. The van der Waals surface area contributed by atoms with Gasteiger partial charge in [0.1, 0.15) is 5.82 Å². The van der Waals surface area contributed by atoms with Crippen LogP contribution in [0.5, 0.6) is 11.5 Å². The van der Waals surface area contributed by atoms with Crippen molar-refractivity contribution in [3.05, 3.63) is 65.5 Å². The van der Waals surface area contributed by atoms with Crippen LogP contribution in [0.4, 0.5) is 4.39 Å². The van der Waals surface area contributed by atoms with E-state index in [4.69, 9.17) is 9.47 Å². The molecule has 0 saturated carbocycles. The number of halogens is 1. The van der Waals surface area contributed by atoms with E-state index in [1.54, 1.807) is 32.4 Å². The first-order chi connectivity index (χ1) is 10.1. The van der Waals surface area contributed by atoms with Crippen LogP contribution in [0.2, 0.25) is 0 Å². The topological polar surface area (TPSA) is 35.5 Å². The minimum atomic E-state index is -0.365. The monoisotopic (exact) mass is 286 g/mol. The molecule has 0 saturated heterocycles. The van der Waals surface area contributed by atoms with E-state index in [0.29, 0.717) is 17.1 Å². The first kappa shape index (κ1) is 14.8. The molecule has 3 nitrogen and oxygen atoms in total. The number of benzene rings is 2. The first-order valence-electron chi connectivity index (χ1n) is 6.34. The average Bonchev–Trinajstić information content (AvgIpc) is 2.52. The number of ether oxygens (including phenoxy) is 2. The Balaban J connectivity index is 2.17. The van der Waals surface area contributed by atoms with Gasteiger partial charge in [-0.25, -0.2) is 4.39 Å². The van der Waals surface area contributed by atoms with Crippen molar-refractivity contribution in [3.63, 3.8) is 0 Å². The van der Waals surface area contributed by atoms with Crippen LogP contribution in [0, 0.1) is 5.82 Å². The molecule has 0 heterocycles. The Morgan fingerprint density at radius 1 is 1.00 bits per heavy atom. The Hall–Kier alpha value is -2.62. The third-order valence-electron chi connectivity index (χ3n) is 2.96. The maximum absolute atomic E-state index is 12.8. The van der Waals surface area contributed by atoms with E-state index >= 15 is 0 Å². The molecule has 108 valence electrons. The van der Waals surface area contributed by atoms with Crippen molar-refractivity contribution in [1.29, 1.82) is 0 Å². The van der Waals surface area contributed by atoms with Crippen molar-refractivity contribution in [2.24, 2.45) is 0 Å². The minimum Gasteiger partial charge on any atom is -0.493 e. The molecule has 2 aromatic rings. The summed E-state index contributed by atoms with van der Waals surface area (Å²) in [5.74, 6) is 0.661. The number of hydrogen-bond donors (Lipinski definition) is 0. The van der Waals surface area contributed by atoms with E-state index in [0.717, 1.165) is 5.56 Å². The summed E-state index contributed by atoms with van der Waals surface area (Å²) < 4.78 is 23.1. The van der Waals surface area contributed by atoms with Gasteiger partial charge in [-0.3, -0.25) is 4.79 Å². The molecule has 0 aromatic heterocycles. The molecule has 0 N–H and O–H groups in total. The van der Waals surface area contributed by atoms with E-state index in [9.17, 15) is 9.18 Å². The maximum Gasteiger partial charge on any atom is 0.185 e. The normalized spacial score (nSPS) is 10.6. The van der Waals surface area contributed by atoms with Crippen molar-refractivity contribution in [2.75, 3.05) is 14.2 Å². The fourth-order valence-electron chi connectivity index (χ4n) is 1.84. The number of carbonyl (C=O) groups excluding carboxylic acids is 1. The summed E-state index contributed by atoms with van der Waals surface area (Å²) in [5.41, 5.74) is 1.25. The zero-order valence-corrected chi connectivity index (χ0v) is 11.8. The molecule has 0 unspecified atom stereocenters. The molecule has 4 heteroatoms. The summed E-state index contributed by atoms with van der Waals surface area (Å²) in [6.07, 6.45) is 3.11. The smallest absolute Gasteiger partial charge is 0.185 e. The molecule has 0 amide bonds. The summed E-state index contributed by atoms with van der Waals surface area (Å²) in [7, 11) is 3.11. The third-order valence-corrected chi connectivity index (χ3v) is 2.96. The number of ketones is 1. The molecule has 0 aliphatic heterocycles. The molecule has 0 aliphatic carbocycles. The van der Waals surface area contributed by atoms with Gasteiger partial charge in [-0.05, 0) is 48.0 Å². The highest BCUT2D eigenvalue weighted by atomic mass is 19.1. The lowest BCUT2D eigenvalue weighted by Crippen LogP contribution is -1.94. The van der Waals surface area contributed by atoms with Gasteiger partial charge in [0.05, 0.1) is 14.2 Å². The van der Waals surface area contributed by atoms with Crippen LogP contribution in [-0.4, -0.2) is 20.0 Å². The van der Waals surface area contributed by atoms with E-state index in [2.05, 4.69) is 0 Å². The summed E-state index contributed by atoms with van der Waals surface area (Å²) >= 11 is 0. The first-order valence-corrected chi connectivity index (χ1v) is 6.34. The summed E-state index contributed by atoms with van der Waals surface area (Å²) in [5, 5.41) is 0. The second kappa shape index (κ2) is 6.70. The standard InChI is InChI=1S/C17H15FO3/c1-20-16-10-4-12(11-17(16)21-2)3-9-15(19)13-5-7-14(18)8-6-13/h3-11H,1-2H3. The van der Waals surface area contributed by atoms with Crippen molar-refractivity contribution in [3.8, 4) is 11.5 Å². The Kier molecular flexibility index (Phi) is 4.72. The fourth-order valence-corrected chi connectivity index (χ4v) is 1.84. The number of allylic oxidation sites excluding steroid dienone is 1. The fraction of sp³-hybridized carbons (Fsp3) is 0.118. The predicted molar refractivity (Wildman–Crippen MR) is 79.3 cm³/mol. The highest BCUT2D eigenvalue weighted by Gasteiger charge is 2.04. The van der Waals surface area contributed by atoms with Crippen LogP contribution < -0.4 is 9.47 Å². The average molecular weight is 286 g/mol. The van der Waals surface area contributed by atoms with E-state index < -0.39 is 0 Å². The van der Waals surface area contributed by atoms with E-state index in [1.165, 1.54) is 30.3 Å². The van der Waals surface area contributed by atoms with Crippen molar-refractivity contribution in [1.82, 2.24) is 0 Å². The van der Waals surface area contributed by atoms with Crippen molar-refractivity contribution < 1.29 is 18.7 Å². The van der Waals surface area contributed by atoms with E-state index in [-0.39, 0.29) is 11.6 Å². The van der Waals surface area contributed by atoms with E-state index in [1.807, 2.05) is 6.07 Å². The molecule has 0 radical (unpaired) electrons. The summed E-state index contributed by atoms with van der Waals surface area (Å²) in [6.45, 7) is 0. The van der Waals surface area contributed by atoms with Gasteiger partial charge in [-0.15, -0.1) is 0 Å². The number of methoxy groups -OCH3 is 2. The van der Waals surface area contributed by atoms with Gasteiger partial charge in [0.2, 0.25) is 0 Å². The largest absolute Gasteiger partial charge is 0.493 e. The van der Waals surface area contributed by atoms with Crippen molar-refractivity contribution >= 4 is 11.9 Å². The number of hydrogen-bond acceptors (Lipinski definition) is 3. The third kappa shape index (κ3) is 3.69. The summed E-state index contributed by atoms with van der Waals surface area (Å²) in [6, 6.07) is 10.8. The Morgan fingerprint density at radius 3 is 2.29 bits per heavy atom. The van der Waals surface area contributed by atoms with Gasteiger partial charge in [-0.2, -0.15) is 0 Å². The predicted octanol–water partition coefficient (Wildman–Crippen LogP) is 3.74. The highest BCUT2D eigenvalue weighted by Crippen LogP contribution is 2.28. The van der Waals surface area contributed by atoms with Crippen LogP contribution in [-0.2, 0) is 0 Å². The Labute approximate surface area is 122 Å². The molecule has 0 fully saturated rings. The minimum absolute atomic E-state index is 0.190. The van der Waals surface area contributed by atoms with Crippen molar-refractivity contribution in [2.45, 2.75) is 0 Å². The maximum atomic E-state index is 12.8. The molecule has 0 aliphatic rings. The SMILES string of the molecule is COc1ccc(C=CC(=O)c2ccc(F)cc2)cc1OC. The number of rotatable bonds is 5. The lowest BCUT2D eigenvalue weighted by atomic mass is 10.1. The highest BCUT2D eigenvalue weighted by molar-refractivity contribution is 6.06. The van der Waals surface area contributed by atoms with Gasteiger partial charge in [-0.1, -0.05) is 12.1 Å². The van der Waals surface area contributed by atoms with Crippen LogP contribution in [0.3, 0.4) is 0 Å². The zero-order chi connectivity index (χ0) is 15.2. The van der Waals surface area contributed by atoms with Gasteiger partial charge >= 0.3 is 0 Å². The molecular weight excluding hydrogens is 271 g/mol. The Morgan fingerprint density at radius 2 is 1.67 bits per heavy atom. The van der Waals surface area contributed by atoms with Gasteiger partial charge in [0.15, 0.2) is 17.3 Å². The van der Waals surface area contributed by atoms with Gasteiger partial charge < -0.3 is 9.47 Å². The zero-order valence-electron chi connectivity index (χ0n) is 11.8. The van der Waals surface area contributed by atoms with Crippen LogP contribution in [0.1, 0.15) is 15.9 Å². The lowest BCUT2D eigenvalue weighted by molar-refractivity contribution is 0.104. The van der Waals surface area contributed by atoms with Crippen LogP contribution in [0.15, 0.2) is 48.5 Å². The Bertz CT molecular complexity index is 660. The van der Waals surface area contributed by atoms with Gasteiger partial charge in [0, 0.05) is 5.56 Å². The number of carbonyl (C=O) groups is 1. The molecular formula is C17H15FO3. The molecule has 0 bridgehead atoms. The second-order valence-electron chi connectivity index (χ2n) is 4.32. The molecule has 2 rings (SSSR count).